The van der Waals surface area contributed by atoms with Crippen molar-refractivity contribution in [3.8, 4) is 0 Å². The molecule has 1 heterocycles. The smallest absolute Gasteiger partial charge is 0.309 e. The Morgan fingerprint density at radius 2 is 1.93 bits per heavy atom. The minimum atomic E-state index is -0.687. The number of likely N-dealkylation sites (tertiary alicyclic amines) is 1. The van der Waals surface area contributed by atoms with Gasteiger partial charge in [0, 0.05) is 0 Å². The third-order valence-corrected chi connectivity index (χ3v) is 3.51. The van der Waals surface area contributed by atoms with Crippen LogP contribution in [0.5, 0.6) is 0 Å². The molecule has 0 spiro atoms. The topological polar surface area (TPSA) is 40.5 Å². The monoisotopic (exact) mass is 213 g/mol. The highest BCUT2D eigenvalue weighted by Gasteiger charge is 2.28. The van der Waals surface area contributed by atoms with Crippen LogP contribution in [0.3, 0.4) is 0 Å². The van der Waals surface area contributed by atoms with Crippen molar-refractivity contribution in [1.82, 2.24) is 4.90 Å². The van der Waals surface area contributed by atoms with Gasteiger partial charge in [-0.3, -0.25) is 4.79 Å². The van der Waals surface area contributed by atoms with Gasteiger partial charge < -0.3 is 10.0 Å². The Kier molecular flexibility index (Phi) is 4.14. The lowest BCUT2D eigenvalue weighted by atomic mass is 9.89. The molecule has 1 fully saturated rings. The molecule has 88 valence electrons. The number of hydrogen-bond acceptors (Lipinski definition) is 2. The number of carboxylic acid groups (broad SMARTS) is 1. The van der Waals surface area contributed by atoms with Crippen molar-refractivity contribution in [2.75, 3.05) is 19.6 Å². The average Bonchev–Trinajstić information content (AvgIpc) is 2.17. The first-order valence-electron chi connectivity index (χ1n) is 5.87. The number of carboxylic acids is 1. The van der Waals surface area contributed by atoms with E-state index in [9.17, 15) is 4.79 Å². The van der Waals surface area contributed by atoms with Crippen LogP contribution in [0.25, 0.3) is 0 Å². The highest BCUT2D eigenvalue weighted by Crippen LogP contribution is 2.23. The lowest BCUT2D eigenvalue weighted by Crippen LogP contribution is -2.37. The number of aliphatic carboxylic acids is 1. The van der Waals surface area contributed by atoms with Crippen LogP contribution in [0.4, 0.5) is 0 Å². The third-order valence-electron chi connectivity index (χ3n) is 3.51. The fraction of sp³-hybridized carbons (Fsp3) is 0.917. The summed E-state index contributed by atoms with van der Waals surface area (Å²) in [6, 6.07) is 0. The second-order valence-electron chi connectivity index (χ2n) is 5.46. The molecule has 3 heteroatoms. The Hall–Kier alpha value is -0.570. The second-order valence-corrected chi connectivity index (χ2v) is 5.46. The van der Waals surface area contributed by atoms with Crippen molar-refractivity contribution in [1.29, 1.82) is 0 Å². The maximum atomic E-state index is 10.9. The molecule has 0 radical (unpaired) electrons. The summed E-state index contributed by atoms with van der Waals surface area (Å²) in [5.41, 5.74) is -0.580. The fourth-order valence-corrected chi connectivity index (χ4v) is 1.83. The van der Waals surface area contributed by atoms with Crippen LogP contribution in [-0.2, 0) is 4.79 Å². The lowest BCUT2D eigenvalue weighted by Gasteiger charge is -2.32. The van der Waals surface area contributed by atoms with Crippen LogP contribution in [-0.4, -0.2) is 35.6 Å². The van der Waals surface area contributed by atoms with E-state index >= 15 is 0 Å². The van der Waals surface area contributed by atoms with E-state index < -0.39 is 11.4 Å². The molecule has 1 N–H and O–H groups in total. The SMILES string of the molecule is CC1CCN(CCC(C)(C)C(=O)O)CC1. The standard InChI is InChI=1S/C12H23NO2/c1-10-4-7-13(8-5-10)9-6-12(2,3)11(14)15/h10H,4-9H2,1-3H3,(H,14,15). The zero-order valence-electron chi connectivity index (χ0n) is 10.1. The molecule has 0 aromatic heterocycles. The predicted octanol–water partition coefficient (Wildman–Crippen LogP) is 2.22. The molecule has 0 amide bonds. The van der Waals surface area contributed by atoms with Gasteiger partial charge in [-0.05, 0) is 58.7 Å². The van der Waals surface area contributed by atoms with Crippen molar-refractivity contribution in [2.45, 2.75) is 40.0 Å². The Labute approximate surface area is 92.5 Å². The minimum absolute atomic E-state index is 0.580. The summed E-state index contributed by atoms with van der Waals surface area (Å²) in [4.78, 5) is 13.3. The molecule has 0 unspecified atom stereocenters. The van der Waals surface area contributed by atoms with Gasteiger partial charge in [-0.1, -0.05) is 6.92 Å². The maximum Gasteiger partial charge on any atom is 0.309 e. The number of hydrogen-bond donors (Lipinski definition) is 1. The van der Waals surface area contributed by atoms with E-state index in [-0.39, 0.29) is 0 Å². The van der Waals surface area contributed by atoms with Crippen molar-refractivity contribution in [3.63, 3.8) is 0 Å². The van der Waals surface area contributed by atoms with E-state index in [1.54, 1.807) is 0 Å². The molecule has 3 nitrogen and oxygen atoms in total. The zero-order valence-corrected chi connectivity index (χ0v) is 10.1. The molecule has 1 saturated heterocycles. The van der Waals surface area contributed by atoms with Gasteiger partial charge in [0.15, 0.2) is 0 Å². The molecule has 0 atom stereocenters. The molecule has 1 aliphatic heterocycles. The normalized spacial score (nSPS) is 20.5. The second kappa shape index (κ2) is 4.97. The maximum absolute atomic E-state index is 10.9. The minimum Gasteiger partial charge on any atom is -0.481 e. The van der Waals surface area contributed by atoms with Gasteiger partial charge in [0.2, 0.25) is 0 Å². The van der Waals surface area contributed by atoms with Gasteiger partial charge >= 0.3 is 5.97 Å². The molecule has 0 bridgehead atoms. The van der Waals surface area contributed by atoms with E-state index in [1.807, 2.05) is 13.8 Å². The third kappa shape index (κ3) is 3.82. The number of nitrogens with zero attached hydrogens (tertiary/aromatic N) is 1. The van der Waals surface area contributed by atoms with E-state index in [2.05, 4.69) is 11.8 Å². The van der Waals surface area contributed by atoms with Crippen LogP contribution >= 0.6 is 0 Å². The Morgan fingerprint density at radius 3 is 2.40 bits per heavy atom. The summed E-state index contributed by atoms with van der Waals surface area (Å²) in [5, 5.41) is 8.99. The highest BCUT2D eigenvalue weighted by atomic mass is 16.4. The van der Waals surface area contributed by atoms with Crippen molar-refractivity contribution >= 4 is 5.97 Å². The summed E-state index contributed by atoms with van der Waals surface area (Å²) >= 11 is 0. The molecule has 1 rings (SSSR count). The van der Waals surface area contributed by atoms with Crippen LogP contribution in [0, 0.1) is 11.3 Å². The van der Waals surface area contributed by atoms with Crippen molar-refractivity contribution in [3.05, 3.63) is 0 Å². The van der Waals surface area contributed by atoms with E-state index in [4.69, 9.17) is 5.11 Å². The summed E-state index contributed by atoms with van der Waals surface area (Å²) in [6.45, 7) is 9.10. The summed E-state index contributed by atoms with van der Waals surface area (Å²) in [7, 11) is 0. The quantitative estimate of drug-likeness (QED) is 0.778. The van der Waals surface area contributed by atoms with Crippen LogP contribution in [0.1, 0.15) is 40.0 Å². The van der Waals surface area contributed by atoms with Gasteiger partial charge in [-0.25, -0.2) is 0 Å². The fourth-order valence-electron chi connectivity index (χ4n) is 1.83. The molecule has 0 aromatic rings. The van der Waals surface area contributed by atoms with Crippen LogP contribution in [0.2, 0.25) is 0 Å². The summed E-state index contributed by atoms with van der Waals surface area (Å²) < 4.78 is 0. The van der Waals surface area contributed by atoms with Gasteiger partial charge in [0.25, 0.3) is 0 Å². The molecule has 0 saturated carbocycles. The summed E-state index contributed by atoms with van der Waals surface area (Å²) in [5.74, 6) is 0.154. The first kappa shape index (κ1) is 12.5. The van der Waals surface area contributed by atoms with Gasteiger partial charge in [0.05, 0.1) is 5.41 Å². The first-order chi connectivity index (χ1) is 6.92. The van der Waals surface area contributed by atoms with Gasteiger partial charge in [0.1, 0.15) is 0 Å². The molecular formula is C12H23NO2. The first-order valence-corrected chi connectivity index (χ1v) is 5.87. The van der Waals surface area contributed by atoms with Crippen molar-refractivity contribution < 1.29 is 9.90 Å². The van der Waals surface area contributed by atoms with Crippen LogP contribution in [0.15, 0.2) is 0 Å². The van der Waals surface area contributed by atoms with E-state index in [1.165, 1.54) is 12.8 Å². The molecule has 1 aliphatic rings. The molecule has 0 aliphatic carbocycles. The molecule has 15 heavy (non-hydrogen) atoms. The molecular weight excluding hydrogens is 190 g/mol. The number of rotatable bonds is 4. The van der Waals surface area contributed by atoms with Crippen LogP contribution < -0.4 is 0 Å². The number of piperidine rings is 1. The Morgan fingerprint density at radius 1 is 1.40 bits per heavy atom. The Bertz CT molecular complexity index is 218. The zero-order chi connectivity index (χ0) is 11.5. The predicted molar refractivity (Wildman–Crippen MR) is 60.9 cm³/mol. The van der Waals surface area contributed by atoms with E-state index in [0.717, 1.165) is 32.0 Å². The largest absolute Gasteiger partial charge is 0.481 e. The highest BCUT2D eigenvalue weighted by molar-refractivity contribution is 5.73. The number of carbonyl (C=O) groups is 1. The van der Waals surface area contributed by atoms with Gasteiger partial charge in [-0.15, -0.1) is 0 Å². The average molecular weight is 213 g/mol. The van der Waals surface area contributed by atoms with Gasteiger partial charge in [-0.2, -0.15) is 0 Å². The Balaban J connectivity index is 2.28. The summed E-state index contributed by atoms with van der Waals surface area (Å²) in [6.07, 6.45) is 3.26. The molecule has 0 aromatic carbocycles. The lowest BCUT2D eigenvalue weighted by molar-refractivity contribution is -0.147. The van der Waals surface area contributed by atoms with E-state index in [0.29, 0.717) is 0 Å². The van der Waals surface area contributed by atoms with Crippen molar-refractivity contribution in [2.24, 2.45) is 11.3 Å².